The molecule has 0 atom stereocenters. The largest absolute Gasteiger partial charge is 0.316 e. The molecule has 0 aromatic carbocycles. The molecule has 1 N–H and O–H groups in total. The molecule has 0 heterocycles. The number of rotatable bonds is 5. The molecular formula is C7H13NS. The number of hydrogen-bond donors (Lipinski definition) is 1. The molecule has 0 aliphatic carbocycles. The van der Waals surface area contributed by atoms with Gasteiger partial charge in [0.15, 0.2) is 0 Å². The van der Waals surface area contributed by atoms with E-state index in [1.807, 2.05) is 0 Å². The molecule has 0 bridgehead atoms. The van der Waals surface area contributed by atoms with E-state index in [1.165, 1.54) is 0 Å². The average molecular weight is 143 g/mol. The number of nitrogens with one attached hydrogen (secondary N) is 1. The van der Waals surface area contributed by atoms with Gasteiger partial charge in [-0.3, -0.25) is 0 Å². The van der Waals surface area contributed by atoms with Gasteiger partial charge in [0, 0.05) is 12.3 Å². The quantitative estimate of drug-likeness (QED) is 0.454. The van der Waals surface area contributed by atoms with E-state index in [4.69, 9.17) is 6.42 Å². The number of terminal acetylenes is 1. The predicted octanol–water partition coefficient (Wildman–Crippen LogP) is 0.962. The fourth-order valence-electron chi connectivity index (χ4n) is 0.452. The van der Waals surface area contributed by atoms with Crippen LogP contribution in [0.4, 0.5) is 0 Å². The van der Waals surface area contributed by atoms with Crippen molar-refractivity contribution in [2.75, 3.05) is 24.6 Å². The van der Waals surface area contributed by atoms with Crippen LogP contribution in [-0.2, 0) is 0 Å². The third kappa shape index (κ3) is 7.87. The van der Waals surface area contributed by atoms with Gasteiger partial charge < -0.3 is 5.32 Å². The van der Waals surface area contributed by atoms with Crippen molar-refractivity contribution in [3.8, 4) is 12.3 Å². The predicted molar refractivity (Wildman–Crippen MR) is 44.7 cm³/mol. The lowest BCUT2D eigenvalue weighted by molar-refractivity contribution is 0.768. The second kappa shape index (κ2) is 7.87. The molecule has 0 spiro atoms. The molecule has 0 amide bonds. The Morgan fingerprint density at radius 1 is 1.67 bits per heavy atom. The van der Waals surface area contributed by atoms with Gasteiger partial charge in [0.25, 0.3) is 0 Å². The number of thioether (sulfide) groups is 1. The van der Waals surface area contributed by atoms with Gasteiger partial charge in [-0.2, -0.15) is 0 Å². The van der Waals surface area contributed by atoms with Crippen LogP contribution >= 0.6 is 11.8 Å². The molecule has 52 valence electrons. The third-order valence-corrected chi connectivity index (χ3v) is 1.72. The third-order valence-electron chi connectivity index (χ3n) is 0.859. The smallest absolute Gasteiger partial charge is 0.0545 e. The van der Waals surface area contributed by atoms with E-state index in [1.54, 1.807) is 11.8 Å². The highest BCUT2D eigenvalue weighted by Crippen LogP contribution is 1.94. The normalized spacial score (nSPS) is 8.89. The summed E-state index contributed by atoms with van der Waals surface area (Å²) in [5.74, 6) is 4.54. The maximum atomic E-state index is 5.05. The Hall–Kier alpha value is -0.130. The standard InChI is InChI=1S/C7H13NS/c1-3-6-9-7-5-8-4-2/h1,8H,4-7H2,2H3. The van der Waals surface area contributed by atoms with Gasteiger partial charge >= 0.3 is 0 Å². The molecule has 0 saturated heterocycles. The van der Waals surface area contributed by atoms with Crippen LogP contribution in [0.2, 0.25) is 0 Å². The average Bonchev–Trinajstić information content (AvgIpc) is 1.89. The van der Waals surface area contributed by atoms with Crippen LogP contribution < -0.4 is 5.32 Å². The lowest BCUT2D eigenvalue weighted by Gasteiger charge is -1.97. The molecule has 0 aromatic heterocycles. The second-order valence-electron chi connectivity index (χ2n) is 1.61. The summed E-state index contributed by atoms with van der Waals surface area (Å²) in [5, 5.41) is 3.22. The maximum absolute atomic E-state index is 5.05. The summed E-state index contributed by atoms with van der Waals surface area (Å²) in [6.07, 6.45) is 5.05. The Kier molecular flexibility index (Phi) is 7.76. The van der Waals surface area contributed by atoms with Crippen LogP contribution in [0.25, 0.3) is 0 Å². The molecular weight excluding hydrogens is 130 g/mol. The van der Waals surface area contributed by atoms with Crippen molar-refractivity contribution < 1.29 is 0 Å². The number of hydrogen-bond acceptors (Lipinski definition) is 2. The zero-order chi connectivity index (χ0) is 6.95. The Labute approximate surface area is 61.6 Å². The van der Waals surface area contributed by atoms with Crippen molar-refractivity contribution in [1.82, 2.24) is 5.32 Å². The molecule has 0 unspecified atom stereocenters. The topological polar surface area (TPSA) is 12.0 Å². The lowest BCUT2D eigenvalue weighted by atomic mass is 10.7. The molecule has 1 nitrogen and oxygen atoms in total. The SMILES string of the molecule is C#CCSCCNCC. The zero-order valence-electron chi connectivity index (χ0n) is 5.81. The minimum absolute atomic E-state index is 0.839. The van der Waals surface area contributed by atoms with Crippen LogP contribution in [0.1, 0.15) is 6.92 Å². The van der Waals surface area contributed by atoms with E-state index in [9.17, 15) is 0 Å². The first kappa shape index (κ1) is 8.87. The lowest BCUT2D eigenvalue weighted by Crippen LogP contribution is -2.15. The van der Waals surface area contributed by atoms with Crippen molar-refractivity contribution in [2.45, 2.75) is 6.92 Å². The summed E-state index contributed by atoms with van der Waals surface area (Å²) < 4.78 is 0. The fraction of sp³-hybridized carbons (Fsp3) is 0.714. The van der Waals surface area contributed by atoms with Crippen molar-refractivity contribution in [1.29, 1.82) is 0 Å². The summed E-state index contributed by atoms with van der Waals surface area (Å²) >= 11 is 1.79. The summed E-state index contributed by atoms with van der Waals surface area (Å²) in [7, 11) is 0. The van der Waals surface area contributed by atoms with Gasteiger partial charge in [-0.25, -0.2) is 0 Å². The minimum atomic E-state index is 0.839. The van der Waals surface area contributed by atoms with Gasteiger partial charge in [-0.05, 0) is 6.54 Å². The highest BCUT2D eigenvalue weighted by Gasteiger charge is 1.82. The van der Waals surface area contributed by atoms with E-state index >= 15 is 0 Å². The van der Waals surface area contributed by atoms with Gasteiger partial charge in [-0.1, -0.05) is 12.8 Å². The Balaban J connectivity index is 2.69. The molecule has 2 heteroatoms. The summed E-state index contributed by atoms with van der Waals surface area (Å²) in [4.78, 5) is 0. The molecule has 0 radical (unpaired) electrons. The van der Waals surface area contributed by atoms with Crippen LogP contribution in [0, 0.1) is 12.3 Å². The zero-order valence-corrected chi connectivity index (χ0v) is 6.63. The van der Waals surface area contributed by atoms with E-state index in [0.29, 0.717) is 0 Å². The summed E-state index contributed by atoms with van der Waals surface area (Å²) in [6, 6.07) is 0. The van der Waals surface area contributed by atoms with Crippen LogP contribution in [-0.4, -0.2) is 24.6 Å². The molecule has 9 heavy (non-hydrogen) atoms. The van der Waals surface area contributed by atoms with E-state index in [0.717, 1.165) is 24.6 Å². The first-order valence-corrected chi connectivity index (χ1v) is 4.29. The monoisotopic (exact) mass is 143 g/mol. The molecule has 0 fully saturated rings. The Bertz CT molecular complexity index is 85.4. The van der Waals surface area contributed by atoms with Crippen molar-refractivity contribution in [3.63, 3.8) is 0 Å². The van der Waals surface area contributed by atoms with Crippen LogP contribution in [0.3, 0.4) is 0 Å². The highest BCUT2D eigenvalue weighted by atomic mass is 32.2. The van der Waals surface area contributed by atoms with E-state index in [-0.39, 0.29) is 0 Å². The molecule has 0 aliphatic rings. The molecule has 0 aromatic rings. The van der Waals surface area contributed by atoms with Crippen LogP contribution in [0.15, 0.2) is 0 Å². The van der Waals surface area contributed by atoms with E-state index in [2.05, 4.69) is 18.2 Å². The first-order valence-electron chi connectivity index (χ1n) is 3.13. The molecule has 0 rings (SSSR count). The van der Waals surface area contributed by atoms with Gasteiger partial charge in [-0.15, -0.1) is 18.2 Å². The summed E-state index contributed by atoms with van der Waals surface area (Å²) in [5.41, 5.74) is 0. The second-order valence-corrected chi connectivity index (χ2v) is 2.72. The Morgan fingerprint density at radius 3 is 3.00 bits per heavy atom. The first-order chi connectivity index (χ1) is 4.41. The molecule has 0 saturated carbocycles. The molecule has 0 aliphatic heterocycles. The fourth-order valence-corrected chi connectivity index (χ4v) is 1.00. The maximum Gasteiger partial charge on any atom is 0.0545 e. The highest BCUT2D eigenvalue weighted by molar-refractivity contribution is 7.99. The van der Waals surface area contributed by atoms with Crippen molar-refractivity contribution >= 4 is 11.8 Å². The minimum Gasteiger partial charge on any atom is -0.316 e. The van der Waals surface area contributed by atoms with E-state index < -0.39 is 0 Å². The van der Waals surface area contributed by atoms with Crippen molar-refractivity contribution in [3.05, 3.63) is 0 Å². The summed E-state index contributed by atoms with van der Waals surface area (Å²) in [6.45, 7) is 4.23. The van der Waals surface area contributed by atoms with Gasteiger partial charge in [0.1, 0.15) is 0 Å². The van der Waals surface area contributed by atoms with Gasteiger partial charge in [0.2, 0.25) is 0 Å². The van der Waals surface area contributed by atoms with Crippen LogP contribution in [0.5, 0.6) is 0 Å². The Morgan fingerprint density at radius 2 is 2.44 bits per heavy atom. The van der Waals surface area contributed by atoms with Crippen molar-refractivity contribution in [2.24, 2.45) is 0 Å². The van der Waals surface area contributed by atoms with Gasteiger partial charge in [0.05, 0.1) is 5.75 Å².